The zero-order valence-corrected chi connectivity index (χ0v) is 6.04. The van der Waals surface area contributed by atoms with Crippen LogP contribution in [0.15, 0.2) is 23.8 Å². The molecule has 0 atom stereocenters. The summed E-state index contributed by atoms with van der Waals surface area (Å²) in [5, 5.41) is 0. The second-order valence-electron chi connectivity index (χ2n) is 1.43. The van der Waals surface area contributed by atoms with Crippen molar-refractivity contribution in [3.63, 3.8) is 0 Å². The summed E-state index contributed by atoms with van der Waals surface area (Å²) >= 11 is 0. The van der Waals surface area contributed by atoms with Gasteiger partial charge in [-0.05, 0) is 12.7 Å². The summed E-state index contributed by atoms with van der Waals surface area (Å²) in [6, 6.07) is 0. The van der Waals surface area contributed by atoms with Crippen LogP contribution in [0.25, 0.3) is 0 Å². The second-order valence-corrected chi connectivity index (χ2v) is 1.43. The third-order valence-electron chi connectivity index (χ3n) is 0.902. The minimum Gasteiger partial charge on any atom is -0.419 e. The Balaban J connectivity index is -0.000000163. The predicted molar refractivity (Wildman–Crippen MR) is 32.5 cm³/mol. The first kappa shape index (κ1) is 16.3. The zero-order valence-electron chi connectivity index (χ0n) is 5.00. The Kier molecular flexibility index (Phi) is 13.8. The average Bonchev–Trinajstić information content (AvgIpc) is 2.14. The molecule has 1 aliphatic rings. The minimum absolute atomic E-state index is 0. The molecule has 4 heteroatoms. The first-order valence-electron chi connectivity index (χ1n) is 2.17. The van der Waals surface area contributed by atoms with Gasteiger partial charge in [-0.1, -0.05) is 0 Å². The number of hydrogen-bond donors (Lipinski definition) is 0. The van der Waals surface area contributed by atoms with Gasteiger partial charge in [-0.2, -0.15) is 5.57 Å². The van der Waals surface area contributed by atoms with Crippen molar-refractivity contribution in [3.8, 4) is 0 Å². The van der Waals surface area contributed by atoms with Gasteiger partial charge in [0.1, 0.15) is 0 Å². The normalized spacial score (nSPS) is 11.8. The molecule has 0 unspecified atom stereocenters. The van der Waals surface area contributed by atoms with E-state index in [2.05, 4.69) is 0 Å². The first-order chi connectivity index (χ1) is 3.43. The molecule has 0 fully saturated rings. The first-order valence-corrected chi connectivity index (χ1v) is 2.17. The Labute approximate surface area is 68.1 Å². The van der Waals surface area contributed by atoms with Gasteiger partial charge in [0.2, 0.25) is 0 Å². The van der Waals surface area contributed by atoms with Crippen LogP contribution in [0.5, 0.6) is 0 Å². The number of allylic oxidation sites excluding steroid dienone is 4. The Morgan fingerprint density at radius 3 is 2.20 bits per heavy atom. The Bertz CT molecular complexity index is 143. The molecular formula is C6H7CoF2O-. The van der Waals surface area contributed by atoms with E-state index in [1.54, 1.807) is 6.08 Å². The van der Waals surface area contributed by atoms with Gasteiger partial charge in [-0.15, -0.1) is 12.2 Å². The van der Waals surface area contributed by atoms with Gasteiger partial charge in [-0.25, -0.2) is 6.08 Å². The van der Waals surface area contributed by atoms with Crippen LogP contribution < -0.4 is 0 Å². The van der Waals surface area contributed by atoms with Crippen molar-refractivity contribution in [2.24, 2.45) is 0 Å². The molecule has 61 valence electrons. The molecule has 0 aromatic heterocycles. The summed E-state index contributed by atoms with van der Waals surface area (Å²) in [6.45, 7) is 0. The summed E-state index contributed by atoms with van der Waals surface area (Å²) < 4.78 is 0. The van der Waals surface area contributed by atoms with Crippen molar-refractivity contribution in [2.45, 2.75) is 6.42 Å². The Morgan fingerprint density at radius 1 is 1.40 bits per heavy atom. The summed E-state index contributed by atoms with van der Waals surface area (Å²) in [5.74, 6) is 0. The number of hydrogen-bond acceptors (Lipinski definition) is 1. The van der Waals surface area contributed by atoms with Crippen LogP contribution in [-0.2, 0) is 21.6 Å². The molecule has 0 heterocycles. The van der Waals surface area contributed by atoms with Crippen LogP contribution in [0.1, 0.15) is 6.42 Å². The minimum atomic E-state index is 0. The predicted octanol–water partition coefficient (Wildman–Crippen LogP) is 1.28. The van der Waals surface area contributed by atoms with Gasteiger partial charge in [-0.3, -0.25) is 9.41 Å². The zero-order chi connectivity index (χ0) is 5.11. The second kappa shape index (κ2) is 8.52. The molecule has 0 saturated heterocycles. The van der Waals surface area contributed by atoms with Crippen molar-refractivity contribution in [2.75, 3.05) is 0 Å². The maximum absolute atomic E-state index is 9.77. The quantitative estimate of drug-likeness (QED) is 0.572. The molecule has 0 spiro atoms. The van der Waals surface area contributed by atoms with E-state index < -0.39 is 0 Å². The molecule has 0 saturated carbocycles. The van der Waals surface area contributed by atoms with Crippen molar-refractivity contribution >= 4 is 6.29 Å². The van der Waals surface area contributed by atoms with E-state index in [0.717, 1.165) is 12.0 Å². The van der Waals surface area contributed by atoms with E-state index in [-0.39, 0.29) is 26.2 Å². The SMILES string of the molecule is F.F.O=[C-]C1=CC=CC1.[Co]. The molecule has 1 radical (unpaired) electrons. The van der Waals surface area contributed by atoms with E-state index in [9.17, 15) is 4.79 Å². The molecule has 0 aromatic rings. The van der Waals surface area contributed by atoms with E-state index in [4.69, 9.17) is 0 Å². The molecular weight excluding hydrogens is 185 g/mol. The molecule has 0 amide bonds. The van der Waals surface area contributed by atoms with E-state index in [0.29, 0.717) is 0 Å². The Morgan fingerprint density at radius 2 is 2.00 bits per heavy atom. The maximum Gasteiger partial charge on any atom is 0 e. The summed E-state index contributed by atoms with van der Waals surface area (Å²) in [7, 11) is 0. The van der Waals surface area contributed by atoms with Gasteiger partial charge in [0, 0.05) is 16.8 Å². The average molecular weight is 192 g/mol. The van der Waals surface area contributed by atoms with Crippen molar-refractivity contribution in [1.82, 2.24) is 0 Å². The van der Waals surface area contributed by atoms with Crippen LogP contribution in [-0.4, -0.2) is 6.29 Å². The summed E-state index contributed by atoms with van der Waals surface area (Å²) in [6.07, 6.45) is 8.14. The van der Waals surface area contributed by atoms with Gasteiger partial charge in [0.25, 0.3) is 0 Å². The van der Waals surface area contributed by atoms with E-state index in [1.807, 2.05) is 18.4 Å². The summed E-state index contributed by atoms with van der Waals surface area (Å²) in [4.78, 5) is 9.77. The summed E-state index contributed by atoms with van der Waals surface area (Å²) in [5.41, 5.74) is 0.750. The third-order valence-corrected chi connectivity index (χ3v) is 0.902. The standard InChI is InChI=1S/C6H5O.Co.2FH/c7-5-6-3-1-2-4-6;;;/h1-3H,4H2;;2*1H/q-1;;;. The Hall–Kier alpha value is -0.484. The van der Waals surface area contributed by atoms with Crippen LogP contribution in [0.2, 0.25) is 0 Å². The fourth-order valence-electron chi connectivity index (χ4n) is 0.523. The van der Waals surface area contributed by atoms with Crippen molar-refractivity contribution < 1.29 is 31.0 Å². The number of rotatable bonds is 1. The fourth-order valence-corrected chi connectivity index (χ4v) is 0.523. The maximum atomic E-state index is 9.77. The molecule has 0 N–H and O–H groups in total. The monoisotopic (exact) mass is 192 g/mol. The molecule has 0 bridgehead atoms. The fraction of sp³-hybridized carbons (Fsp3) is 0.167. The third kappa shape index (κ3) is 4.40. The van der Waals surface area contributed by atoms with Crippen LogP contribution in [0, 0.1) is 0 Å². The smallest absolute Gasteiger partial charge is 0 e. The van der Waals surface area contributed by atoms with Crippen molar-refractivity contribution in [1.29, 1.82) is 0 Å². The van der Waals surface area contributed by atoms with Crippen LogP contribution in [0.4, 0.5) is 9.41 Å². The van der Waals surface area contributed by atoms with Gasteiger partial charge in [0.15, 0.2) is 0 Å². The molecule has 0 aromatic carbocycles. The van der Waals surface area contributed by atoms with Gasteiger partial charge in [0.05, 0.1) is 0 Å². The molecule has 10 heavy (non-hydrogen) atoms. The molecule has 0 aliphatic heterocycles. The molecule has 1 rings (SSSR count). The van der Waals surface area contributed by atoms with Crippen LogP contribution >= 0.6 is 0 Å². The van der Waals surface area contributed by atoms with Crippen LogP contribution in [0.3, 0.4) is 0 Å². The van der Waals surface area contributed by atoms with E-state index >= 15 is 0 Å². The van der Waals surface area contributed by atoms with E-state index in [1.165, 1.54) is 0 Å². The van der Waals surface area contributed by atoms with Gasteiger partial charge >= 0.3 is 0 Å². The molecule has 1 aliphatic carbocycles. The largest absolute Gasteiger partial charge is 0.419 e. The van der Waals surface area contributed by atoms with Crippen molar-refractivity contribution in [3.05, 3.63) is 23.8 Å². The number of halogens is 2. The van der Waals surface area contributed by atoms with Gasteiger partial charge < -0.3 is 4.79 Å². The number of carbonyl (C=O) groups excluding carboxylic acids is 1. The molecule has 1 nitrogen and oxygen atoms in total. The topological polar surface area (TPSA) is 17.1 Å².